The van der Waals surface area contributed by atoms with Gasteiger partial charge in [-0.3, -0.25) is 0 Å². The fraction of sp³-hybridized carbons (Fsp3) is 0.235. The molecule has 0 fully saturated rings. The van der Waals surface area contributed by atoms with Gasteiger partial charge in [-0.25, -0.2) is 4.79 Å². The second-order valence-corrected chi connectivity index (χ2v) is 5.87. The average molecular weight is 348 g/mol. The van der Waals surface area contributed by atoms with E-state index in [1.165, 1.54) is 7.11 Å². The molecule has 0 aliphatic heterocycles. The number of nitrogens with one attached hydrogen (secondary N) is 1. The topological polar surface area (TPSA) is 38.3 Å². The Morgan fingerprint density at radius 2 is 1.86 bits per heavy atom. The molecule has 0 spiro atoms. The standard InChI is InChI=1S/C17H18BrNO2/c1-11-4-9-16(15(10-11)17(20)21-3)19-12(2)13-5-7-14(18)8-6-13/h4-10,12,19H,1-3H3. The summed E-state index contributed by atoms with van der Waals surface area (Å²) in [5.41, 5.74) is 3.51. The van der Waals surface area contributed by atoms with Crippen molar-refractivity contribution in [2.45, 2.75) is 19.9 Å². The SMILES string of the molecule is COC(=O)c1cc(C)ccc1NC(C)c1ccc(Br)cc1. The van der Waals surface area contributed by atoms with Crippen molar-refractivity contribution in [3.63, 3.8) is 0 Å². The number of aryl methyl sites for hydroxylation is 1. The lowest BCUT2D eigenvalue weighted by Gasteiger charge is -2.18. The van der Waals surface area contributed by atoms with Crippen LogP contribution in [0.15, 0.2) is 46.9 Å². The van der Waals surface area contributed by atoms with E-state index < -0.39 is 0 Å². The van der Waals surface area contributed by atoms with Crippen LogP contribution in [0.5, 0.6) is 0 Å². The highest BCUT2D eigenvalue weighted by molar-refractivity contribution is 9.10. The predicted molar refractivity (Wildman–Crippen MR) is 88.7 cm³/mol. The van der Waals surface area contributed by atoms with Crippen molar-refractivity contribution in [1.29, 1.82) is 0 Å². The minimum Gasteiger partial charge on any atom is -0.465 e. The van der Waals surface area contributed by atoms with Gasteiger partial charge in [-0.15, -0.1) is 0 Å². The van der Waals surface area contributed by atoms with Crippen molar-refractivity contribution in [3.8, 4) is 0 Å². The van der Waals surface area contributed by atoms with E-state index in [-0.39, 0.29) is 12.0 Å². The van der Waals surface area contributed by atoms with E-state index in [9.17, 15) is 4.79 Å². The van der Waals surface area contributed by atoms with Gasteiger partial charge in [0.2, 0.25) is 0 Å². The van der Waals surface area contributed by atoms with Gasteiger partial charge in [0.25, 0.3) is 0 Å². The van der Waals surface area contributed by atoms with Crippen LogP contribution in [0.4, 0.5) is 5.69 Å². The van der Waals surface area contributed by atoms with Gasteiger partial charge in [0, 0.05) is 16.2 Å². The summed E-state index contributed by atoms with van der Waals surface area (Å²) >= 11 is 3.43. The quantitative estimate of drug-likeness (QED) is 0.813. The van der Waals surface area contributed by atoms with Crippen LogP contribution in [0.25, 0.3) is 0 Å². The molecule has 2 aromatic rings. The zero-order chi connectivity index (χ0) is 15.4. The second-order valence-electron chi connectivity index (χ2n) is 4.96. The van der Waals surface area contributed by atoms with E-state index in [2.05, 4.69) is 28.2 Å². The zero-order valence-electron chi connectivity index (χ0n) is 12.3. The first kappa shape index (κ1) is 15.6. The first-order chi connectivity index (χ1) is 10.0. The highest BCUT2D eigenvalue weighted by atomic mass is 79.9. The van der Waals surface area contributed by atoms with Crippen molar-refractivity contribution < 1.29 is 9.53 Å². The molecule has 0 heterocycles. The van der Waals surface area contributed by atoms with Crippen molar-refractivity contribution in [3.05, 3.63) is 63.6 Å². The zero-order valence-corrected chi connectivity index (χ0v) is 13.9. The Kier molecular flexibility index (Phi) is 5.02. The Bertz CT molecular complexity index is 638. The summed E-state index contributed by atoms with van der Waals surface area (Å²) < 4.78 is 5.90. The summed E-state index contributed by atoms with van der Waals surface area (Å²) in [6, 6.07) is 13.9. The number of hydrogen-bond acceptors (Lipinski definition) is 3. The monoisotopic (exact) mass is 347 g/mol. The van der Waals surface area contributed by atoms with Gasteiger partial charge in [0.05, 0.1) is 12.7 Å². The maximum absolute atomic E-state index is 11.9. The molecule has 0 aliphatic rings. The van der Waals surface area contributed by atoms with E-state index in [1.54, 1.807) is 0 Å². The van der Waals surface area contributed by atoms with Crippen LogP contribution in [-0.2, 0) is 4.74 Å². The van der Waals surface area contributed by atoms with Crippen LogP contribution < -0.4 is 5.32 Å². The molecule has 1 atom stereocenters. The smallest absolute Gasteiger partial charge is 0.339 e. The van der Waals surface area contributed by atoms with Gasteiger partial charge in [-0.2, -0.15) is 0 Å². The minimum absolute atomic E-state index is 0.0872. The number of hydrogen-bond donors (Lipinski definition) is 1. The lowest BCUT2D eigenvalue weighted by Crippen LogP contribution is -2.12. The molecular weight excluding hydrogens is 330 g/mol. The fourth-order valence-electron chi connectivity index (χ4n) is 2.13. The highest BCUT2D eigenvalue weighted by Crippen LogP contribution is 2.25. The normalized spacial score (nSPS) is 11.8. The van der Waals surface area contributed by atoms with Gasteiger partial charge in [-0.05, 0) is 43.7 Å². The highest BCUT2D eigenvalue weighted by Gasteiger charge is 2.14. The third-order valence-electron chi connectivity index (χ3n) is 3.32. The van der Waals surface area contributed by atoms with Gasteiger partial charge < -0.3 is 10.1 Å². The Labute approximate surface area is 133 Å². The Morgan fingerprint density at radius 1 is 1.19 bits per heavy atom. The van der Waals surface area contributed by atoms with Crippen molar-refractivity contribution in [2.75, 3.05) is 12.4 Å². The molecule has 4 heteroatoms. The lowest BCUT2D eigenvalue weighted by atomic mass is 10.1. The van der Waals surface area contributed by atoms with Crippen molar-refractivity contribution >= 4 is 27.6 Å². The summed E-state index contributed by atoms with van der Waals surface area (Å²) in [5.74, 6) is -0.329. The molecule has 21 heavy (non-hydrogen) atoms. The molecule has 0 bridgehead atoms. The number of anilines is 1. The number of rotatable bonds is 4. The lowest BCUT2D eigenvalue weighted by molar-refractivity contribution is 0.0601. The molecule has 0 aliphatic carbocycles. The van der Waals surface area contributed by atoms with E-state index >= 15 is 0 Å². The fourth-order valence-corrected chi connectivity index (χ4v) is 2.40. The largest absolute Gasteiger partial charge is 0.465 e. The molecule has 0 aromatic heterocycles. The molecule has 0 radical (unpaired) electrons. The molecule has 1 unspecified atom stereocenters. The number of halogens is 1. The van der Waals surface area contributed by atoms with Crippen LogP contribution in [0.2, 0.25) is 0 Å². The summed E-state index contributed by atoms with van der Waals surface area (Å²) in [4.78, 5) is 11.9. The number of carbonyl (C=O) groups is 1. The van der Waals surface area contributed by atoms with E-state index in [4.69, 9.17) is 4.74 Å². The maximum Gasteiger partial charge on any atom is 0.339 e. The van der Waals surface area contributed by atoms with Crippen molar-refractivity contribution in [1.82, 2.24) is 0 Å². The second kappa shape index (κ2) is 6.76. The molecule has 2 aromatic carbocycles. The number of ether oxygens (including phenoxy) is 1. The molecule has 0 saturated carbocycles. The average Bonchev–Trinajstić information content (AvgIpc) is 2.48. The van der Waals surface area contributed by atoms with Crippen LogP contribution in [0, 0.1) is 6.92 Å². The van der Waals surface area contributed by atoms with Gasteiger partial charge >= 0.3 is 5.97 Å². The third kappa shape index (κ3) is 3.85. The summed E-state index contributed by atoms with van der Waals surface area (Å²) in [5, 5.41) is 3.37. The number of carbonyl (C=O) groups excluding carboxylic acids is 1. The summed E-state index contributed by atoms with van der Waals surface area (Å²) in [6.07, 6.45) is 0. The Hall–Kier alpha value is -1.81. The molecule has 2 rings (SSSR count). The Morgan fingerprint density at radius 3 is 2.48 bits per heavy atom. The van der Waals surface area contributed by atoms with Gasteiger partial charge in [-0.1, -0.05) is 39.7 Å². The minimum atomic E-state index is -0.329. The van der Waals surface area contributed by atoms with E-state index in [1.807, 2.05) is 49.4 Å². The van der Waals surface area contributed by atoms with Gasteiger partial charge in [0.15, 0.2) is 0 Å². The first-order valence-corrected chi connectivity index (χ1v) is 7.51. The molecule has 0 saturated heterocycles. The molecule has 0 amide bonds. The molecule has 110 valence electrons. The number of methoxy groups -OCH3 is 1. The maximum atomic E-state index is 11.9. The number of benzene rings is 2. The van der Waals surface area contributed by atoms with Crippen LogP contribution in [0.1, 0.15) is 34.5 Å². The van der Waals surface area contributed by atoms with E-state index in [0.29, 0.717) is 5.56 Å². The molecule has 3 nitrogen and oxygen atoms in total. The van der Waals surface area contributed by atoms with Crippen molar-refractivity contribution in [2.24, 2.45) is 0 Å². The third-order valence-corrected chi connectivity index (χ3v) is 3.85. The van der Waals surface area contributed by atoms with Gasteiger partial charge in [0.1, 0.15) is 0 Å². The molecule has 1 N–H and O–H groups in total. The van der Waals surface area contributed by atoms with E-state index in [0.717, 1.165) is 21.3 Å². The Balaban J connectivity index is 2.26. The van der Waals surface area contributed by atoms with Crippen LogP contribution in [0.3, 0.4) is 0 Å². The summed E-state index contributed by atoms with van der Waals surface area (Å²) in [7, 11) is 1.40. The predicted octanol–water partition coefficient (Wildman–Crippen LogP) is 4.72. The first-order valence-electron chi connectivity index (χ1n) is 6.72. The molecular formula is C17H18BrNO2. The van der Waals surface area contributed by atoms with Crippen LogP contribution >= 0.6 is 15.9 Å². The number of esters is 1. The summed E-state index contributed by atoms with van der Waals surface area (Å²) in [6.45, 7) is 4.01. The van der Waals surface area contributed by atoms with Crippen LogP contribution in [-0.4, -0.2) is 13.1 Å².